The summed E-state index contributed by atoms with van der Waals surface area (Å²) in [5, 5.41) is 10.8. The monoisotopic (exact) mass is 328 g/mol. The zero-order valence-electron chi connectivity index (χ0n) is 14.4. The average Bonchev–Trinajstić information content (AvgIpc) is 2.60. The molecule has 2 aromatic rings. The van der Waals surface area contributed by atoms with Crippen LogP contribution in [0.5, 0.6) is 5.75 Å². The minimum absolute atomic E-state index is 0.122. The van der Waals surface area contributed by atoms with Gasteiger partial charge in [-0.05, 0) is 43.2 Å². The number of nitro groups is 1. The van der Waals surface area contributed by atoms with Crippen molar-refractivity contribution >= 4 is 11.4 Å². The molecule has 0 aliphatic carbocycles. The molecular weight excluding hydrogens is 304 g/mol. The van der Waals surface area contributed by atoms with Gasteiger partial charge in [0.15, 0.2) is 0 Å². The van der Waals surface area contributed by atoms with E-state index in [1.54, 1.807) is 19.2 Å². The maximum absolute atomic E-state index is 10.8. The Labute approximate surface area is 143 Å². The van der Waals surface area contributed by atoms with Gasteiger partial charge in [-0.25, -0.2) is 0 Å². The molecule has 5 nitrogen and oxygen atoms in total. The SMILES string of the molecule is CCCC(C)N(Cc1ccc([N+](=O)[O-])cc1)c1ccc(OC)cc1. The minimum atomic E-state index is -0.370. The molecule has 2 rings (SSSR count). The fourth-order valence-electron chi connectivity index (χ4n) is 2.77. The van der Waals surface area contributed by atoms with Crippen LogP contribution in [-0.2, 0) is 6.54 Å². The van der Waals surface area contributed by atoms with Crippen molar-refractivity contribution < 1.29 is 9.66 Å². The normalized spacial score (nSPS) is 11.8. The van der Waals surface area contributed by atoms with Crippen LogP contribution in [0.25, 0.3) is 0 Å². The Bertz CT molecular complexity index is 653. The zero-order valence-corrected chi connectivity index (χ0v) is 14.4. The molecule has 0 saturated heterocycles. The summed E-state index contributed by atoms with van der Waals surface area (Å²) in [6.07, 6.45) is 2.19. The van der Waals surface area contributed by atoms with Crippen molar-refractivity contribution in [2.24, 2.45) is 0 Å². The van der Waals surface area contributed by atoms with Gasteiger partial charge in [-0.15, -0.1) is 0 Å². The van der Waals surface area contributed by atoms with E-state index >= 15 is 0 Å². The molecule has 0 spiro atoms. The fourth-order valence-corrected chi connectivity index (χ4v) is 2.77. The second-order valence-electron chi connectivity index (χ2n) is 5.89. The van der Waals surface area contributed by atoms with Crippen LogP contribution in [0.15, 0.2) is 48.5 Å². The molecule has 0 N–H and O–H groups in total. The second-order valence-corrected chi connectivity index (χ2v) is 5.89. The first kappa shape index (κ1) is 17.8. The first-order chi connectivity index (χ1) is 11.5. The lowest BCUT2D eigenvalue weighted by Crippen LogP contribution is -2.32. The quantitative estimate of drug-likeness (QED) is 0.516. The van der Waals surface area contributed by atoms with Gasteiger partial charge in [0, 0.05) is 30.4 Å². The van der Waals surface area contributed by atoms with E-state index in [0.717, 1.165) is 29.8 Å². The smallest absolute Gasteiger partial charge is 0.269 e. The minimum Gasteiger partial charge on any atom is -0.497 e. The van der Waals surface area contributed by atoms with Crippen molar-refractivity contribution in [1.29, 1.82) is 0 Å². The van der Waals surface area contributed by atoms with Crippen LogP contribution >= 0.6 is 0 Å². The molecule has 24 heavy (non-hydrogen) atoms. The summed E-state index contributed by atoms with van der Waals surface area (Å²) in [4.78, 5) is 12.7. The molecule has 0 aliphatic heterocycles. The summed E-state index contributed by atoms with van der Waals surface area (Å²) in [6.45, 7) is 5.10. The molecule has 0 aliphatic rings. The molecule has 0 heterocycles. The van der Waals surface area contributed by atoms with Crippen molar-refractivity contribution in [1.82, 2.24) is 0 Å². The van der Waals surface area contributed by atoms with Gasteiger partial charge >= 0.3 is 0 Å². The molecule has 1 atom stereocenters. The highest BCUT2D eigenvalue weighted by molar-refractivity contribution is 5.50. The highest BCUT2D eigenvalue weighted by atomic mass is 16.6. The summed E-state index contributed by atoms with van der Waals surface area (Å²) in [6, 6.07) is 15.2. The van der Waals surface area contributed by atoms with Gasteiger partial charge in [0.1, 0.15) is 5.75 Å². The van der Waals surface area contributed by atoms with E-state index < -0.39 is 0 Å². The van der Waals surface area contributed by atoms with Gasteiger partial charge < -0.3 is 9.64 Å². The Balaban J connectivity index is 2.23. The Morgan fingerprint density at radius 3 is 2.25 bits per heavy atom. The predicted molar refractivity (Wildman–Crippen MR) is 96.6 cm³/mol. The van der Waals surface area contributed by atoms with E-state index in [0.29, 0.717) is 12.6 Å². The molecule has 128 valence electrons. The number of rotatable bonds is 8. The van der Waals surface area contributed by atoms with Crippen LogP contribution in [0.2, 0.25) is 0 Å². The van der Waals surface area contributed by atoms with Crippen molar-refractivity contribution in [2.75, 3.05) is 12.0 Å². The van der Waals surface area contributed by atoms with E-state index in [2.05, 4.69) is 30.9 Å². The standard InChI is InChI=1S/C19H24N2O3/c1-4-5-15(2)20(17-10-12-19(24-3)13-11-17)14-16-6-8-18(9-7-16)21(22)23/h6-13,15H,4-5,14H2,1-3H3. The summed E-state index contributed by atoms with van der Waals surface area (Å²) >= 11 is 0. The third kappa shape index (κ3) is 4.47. The molecule has 0 amide bonds. The van der Waals surface area contributed by atoms with Gasteiger partial charge in [0.25, 0.3) is 5.69 Å². The van der Waals surface area contributed by atoms with Crippen LogP contribution in [0.4, 0.5) is 11.4 Å². The van der Waals surface area contributed by atoms with E-state index in [-0.39, 0.29) is 10.6 Å². The second kappa shape index (κ2) is 8.34. The van der Waals surface area contributed by atoms with Crippen LogP contribution in [0, 0.1) is 10.1 Å². The molecule has 5 heteroatoms. The van der Waals surface area contributed by atoms with Gasteiger partial charge in [0.2, 0.25) is 0 Å². The Kier molecular flexibility index (Phi) is 6.18. The van der Waals surface area contributed by atoms with Crippen molar-refractivity contribution in [3.8, 4) is 5.75 Å². The molecule has 0 saturated carbocycles. The summed E-state index contributed by atoms with van der Waals surface area (Å²) < 4.78 is 5.23. The van der Waals surface area contributed by atoms with Crippen molar-refractivity contribution in [3.05, 3.63) is 64.2 Å². The topological polar surface area (TPSA) is 55.6 Å². The number of nitrogens with zero attached hydrogens (tertiary/aromatic N) is 2. The predicted octanol–water partition coefficient (Wildman–Crippen LogP) is 4.80. The Hall–Kier alpha value is -2.56. The highest BCUT2D eigenvalue weighted by Crippen LogP contribution is 2.25. The average molecular weight is 328 g/mol. The van der Waals surface area contributed by atoms with Crippen molar-refractivity contribution in [3.63, 3.8) is 0 Å². The molecule has 2 aromatic carbocycles. The maximum Gasteiger partial charge on any atom is 0.269 e. The van der Waals surface area contributed by atoms with Gasteiger partial charge in [-0.1, -0.05) is 25.5 Å². The van der Waals surface area contributed by atoms with Gasteiger partial charge in [0.05, 0.1) is 12.0 Å². The van der Waals surface area contributed by atoms with Crippen LogP contribution in [0.3, 0.4) is 0 Å². The number of benzene rings is 2. The van der Waals surface area contributed by atoms with Gasteiger partial charge in [-0.3, -0.25) is 10.1 Å². The summed E-state index contributed by atoms with van der Waals surface area (Å²) in [5.74, 6) is 0.831. The number of ether oxygens (including phenoxy) is 1. The molecule has 0 fully saturated rings. The number of methoxy groups -OCH3 is 1. The fraction of sp³-hybridized carbons (Fsp3) is 0.368. The molecule has 0 radical (unpaired) electrons. The summed E-state index contributed by atoms with van der Waals surface area (Å²) in [7, 11) is 1.66. The largest absolute Gasteiger partial charge is 0.497 e. The van der Waals surface area contributed by atoms with Crippen LogP contribution < -0.4 is 9.64 Å². The van der Waals surface area contributed by atoms with E-state index in [4.69, 9.17) is 4.74 Å². The maximum atomic E-state index is 10.8. The number of nitro benzene ring substituents is 1. The van der Waals surface area contributed by atoms with E-state index in [9.17, 15) is 10.1 Å². The zero-order chi connectivity index (χ0) is 17.5. The summed E-state index contributed by atoms with van der Waals surface area (Å²) in [5.41, 5.74) is 2.30. The highest BCUT2D eigenvalue weighted by Gasteiger charge is 2.15. The number of anilines is 1. The lowest BCUT2D eigenvalue weighted by atomic mass is 10.1. The third-order valence-electron chi connectivity index (χ3n) is 4.14. The molecule has 0 bridgehead atoms. The van der Waals surface area contributed by atoms with Gasteiger partial charge in [-0.2, -0.15) is 0 Å². The number of non-ortho nitro benzene ring substituents is 1. The Morgan fingerprint density at radius 2 is 1.75 bits per heavy atom. The first-order valence-corrected chi connectivity index (χ1v) is 8.19. The Morgan fingerprint density at radius 1 is 1.12 bits per heavy atom. The van der Waals surface area contributed by atoms with E-state index in [1.165, 1.54) is 0 Å². The number of hydrogen-bond acceptors (Lipinski definition) is 4. The number of hydrogen-bond donors (Lipinski definition) is 0. The lowest BCUT2D eigenvalue weighted by molar-refractivity contribution is -0.384. The van der Waals surface area contributed by atoms with Crippen LogP contribution in [-0.4, -0.2) is 18.1 Å². The first-order valence-electron chi connectivity index (χ1n) is 8.19. The van der Waals surface area contributed by atoms with Crippen LogP contribution in [0.1, 0.15) is 32.3 Å². The third-order valence-corrected chi connectivity index (χ3v) is 4.14. The van der Waals surface area contributed by atoms with E-state index in [1.807, 2.05) is 24.3 Å². The lowest BCUT2D eigenvalue weighted by Gasteiger charge is -2.31. The molecule has 0 aromatic heterocycles. The van der Waals surface area contributed by atoms with Crippen molar-refractivity contribution in [2.45, 2.75) is 39.3 Å². The molecule has 1 unspecified atom stereocenters. The molecular formula is C19H24N2O3.